The predicted octanol–water partition coefficient (Wildman–Crippen LogP) is 1.80. The van der Waals surface area contributed by atoms with E-state index in [9.17, 15) is 0 Å². The average Bonchev–Trinajstić information content (AvgIpc) is 2.62. The van der Waals surface area contributed by atoms with E-state index in [1.807, 2.05) is 0 Å². The van der Waals surface area contributed by atoms with Crippen molar-refractivity contribution in [2.75, 3.05) is 13.3 Å². The summed E-state index contributed by atoms with van der Waals surface area (Å²) in [6.07, 6.45) is 0. The Morgan fingerprint density at radius 2 is 1.93 bits per heavy atom. The fourth-order valence-electron chi connectivity index (χ4n) is 2.37. The summed E-state index contributed by atoms with van der Waals surface area (Å²) in [5.41, 5.74) is 2.88. The number of hydrogen-bond acceptors (Lipinski definition) is 3. The maximum absolute atomic E-state index is 5.42. The molecule has 0 amide bonds. The molecule has 3 heteroatoms. The summed E-state index contributed by atoms with van der Waals surface area (Å²) >= 11 is 0. The van der Waals surface area contributed by atoms with Gasteiger partial charge in [-0.25, -0.2) is 0 Å². The molecule has 0 spiro atoms. The van der Waals surface area contributed by atoms with Crippen molar-refractivity contribution in [3.63, 3.8) is 0 Å². The summed E-state index contributed by atoms with van der Waals surface area (Å²) in [4.78, 5) is 0. The van der Waals surface area contributed by atoms with Gasteiger partial charge < -0.3 is 14.8 Å². The number of benzene rings is 1. The van der Waals surface area contributed by atoms with Crippen LogP contribution in [0.5, 0.6) is 11.5 Å². The van der Waals surface area contributed by atoms with Gasteiger partial charge in [0.15, 0.2) is 11.5 Å². The smallest absolute Gasteiger partial charge is 0.231 e. The fraction of sp³-hybridized carbons (Fsp3) is 0.500. The summed E-state index contributed by atoms with van der Waals surface area (Å²) in [6.45, 7) is 6.79. The van der Waals surface area contributed by atoms with Gasteiger partial charge in [0, 0.05) is 18.5 Å². The van der Waals surface area contributed by atoms with Crippen LogP contribution in [0.3, 0.4) is 0 Å². The van der Waals surface area contributed by atoms with E-state index in [1.165, 1.54) is 11.1 Å². The Bertz CT molecular complexity index is 412. The number of hydrogen-bond donors (Lipinski definition) is 1. The molecule has 0 aromatic heterocycles. The lowest BCUT2D eigenvalue weighted by Crippen LogP contribution is -2.38. The van der Waals surface area contributed by atoms with Gasteiger partial charge in [-0.2, -0.15) is 0 Å². The Kier molecular flexibility index (Phi) is 1.74. The molecule has 0 aliphatic carbocycles. The second-order valence-electron chi connectivity index (χ2n) is 4.85. The molecule has 1 aromatic carbocycles. The van der Waals surface area contributed by atoms with Crippen LogP contribution in [0.4, 0.5) is 0 Å². The molecule has 0 atom stereocenters. The first-order chi connectivity index (χ1) is 7.17. The lowest BCUT2D eigenvalue weighted by molar-refractivity contribution is 0.174. The van der Waals surface area contributed by atoms with Crippen LogP contribution in [-0.2, 0) is 12.0 Å². The maximum atomic E-state index is 5.42. The number of fused-ring (bicyclic) bond motifs is 2. The first-order valence-electron chi connectivity index (χ1n) is 5.30. The van der Waals surface area contributed by atoms with Crippen molar-refractivity contribution in [1.82, 2.24) is 5.32 Å². The van der Waals surface area contributed by atoms with Gasteiger partial charge in [0.05, 0.1) is 0 Å². The molecule has 0 unspecified atom stereocenters. The van der Waals surface area contributed by atoms with E-state index in [-0.39, 0.29) is 5.41 Å². The van der Waals surface area contributed by atoms with Crippen molar-refractivity contribution in [3.05, 3.63) is 23.3 Å². The van der Waals surface area contributed by atoms with Gasteiger partial charge in [-0.3, -0.25) is 0 Å². The molecule has 0 saturated heterocycles. The zero-order chi connectivity index (χ0) is 10.5. The minimum atomic E-state index is 0.175. The third kappa shape index (κ3) is 1.30. The van der Waals surface area contributed by atoms with Crippen LogP contribution in [0, 0.1) is 0 Å². The maximum Gasteiger partial charge on any atom is 0.231 e. The second-order valence-corrected chi connectivity index (χ2v) is 4.85. The van der Waals surface area contributed by atoms with Gasteiger partial charge in [0.25, 0.3) is 0 Å². The Hall–Kier alpha value is -1.22. The lowest BCUT2D eigenvalue weighted by Gasteiger charge is -2.33. The zero-order valence-electron chi connectivity index (χ0n) is 9.09. The molecule has 3 nitrogen and oxygen atoms in total. The van der Waals surface area contributed by atoms with Crippen molar-refractivity contribution >= 4 is 0 Å². The standard InChI is InChI=1S/C12H15NO2/c1-12(2)6-13-5-8-3-10-11(4-9(8)12)15-7-14-10/h3-4,13H,5-7H2,1-2H3. The molecule has 1 N–H and O–H groups in total. The predicted molar refractivity (Wildman–Crippen MR) is 57.3 cm³/mol. The third-order valence-corrected chi connectivity index (χ3v) is 3.21. The number of nitrogens with one attached hydrogen (secondary N) is 1. The van der Waals surface area contributed by atoms with Crippen LogP contribution in [0.2, 0.25) is 0 Å². The molecular weight excluding hydrogens is 190 g/mol. The zero-order valence-corrected chi connectivity index (χ0v) is 9.09. The van der Waals surface area contributed by atoms with Gasteiger partial charge in [-0.1, -0.05) is 13.8 Å². The van der Waals surface area contributed by atoms with E-state index >= 15 is 0 Å². The molecular formula is C12H15NO2. The van der Waals surface area contributed by atoms with Gasteiger partial charge in [0.2, 0.25) is 6.79 Å². The molecule has 80 valence electrons. The quantitative estimate of drug-likeness (QED) is 0.700. The molecule has 15 heavy (non-hydrogen) atoms. The van der Waals surface area contributed by atoms with Crippen molar-refractivity contribution < 1.29 is 9.47 Å². The van der Waals surface area contributed by atoms with E-state index in [4.69, 9.17) is 9.47 Å². The van der Waals surface area contributed by atoms with E-state index < -0.39 is 0 Å². The molecule has 3 rings (SSSR count). The first-order valence-corrected chi connectivity index (χ1v) is 5.30. The molecule has 0 bridgehead atoms. The topological polar surface area (TPSA) is 30.5 Å². The van der Waals surface area contributed by atoms with E-state index in [1.54, 1.807) is 0 Å². The van der Waals surface area contributed by atoms with Crippen molar-refractivity contribution in [1.29, 1.82) is 0 Å². The highest BCUT2D eigenvalue weighted by Gasteiger charge is 2.30. The minimum absolute atomic E-state index is 0.175. The van der Waals surface area contributed by atoms with E-state index in [0.29, 0.717) is 6.79 Å². The molecule has 2 aliphatic rings. The van der Waals surface area contributed by atoms with Crippen molar-refractivity contribution in [2.24, 2.45) is 0 Å². The normalized spacial score (nSPS) is 21.2. The van der Waals surface area contributed by atoms with Crippen LogP contribution in [0.25, 0.3) is 0 Å². The van der Waals surface area contributed by atoms with Gasteiger partial charge in [-0.05, 0) is 23.3 Å². The van der Waals surface area contributed by atoms with Crippen molar-refractivity contribution in [3.8, 4) is 11.5 Å². The fourth-order valence-corrected chi connectivity index (χ4v) is 2.37. The van der Waals surface area contributed by atoms with Gasteiger partial charge >= 0.3 is 0 Å². The van der Waals surface area contributed by atoms with Crippen LogP contribution in [0.1, 0.15) is 25.0 Å². The minimum Gasteiger partial charge on any atom is -0.454 e. The Morgan fingerprint density at radius 3 is 2.73 bits per heavy atom. The lowest BCUT2D eigenvalue weighted by atomic mass is 9.79. The largest absolute Gasteiger partial charge is 0.454 e. The number of rotatable bonds is 0. The van der Waals surface area contributed by atoms with E-state index in [0.717, 1.165) is 24.6 Å². The summed E-state index contributed by atoms with van der Waals surface area (Å²) < 4.78 is 10.8. The highest BCUT2D eigenvalue weighted by atomic mass is 16.7. The van der Waals surface area contributed by atoms with E-state index in [2.05, 4.69) is 31.3 Å². The third-order valence-electron chi connectivity index (χ3n) is 3.21. The highest BCUT2D eigenvalue weighted by Crippen LogP contribution is 2.40. The monoisotopic (exact) mass is 205 g/mol. The van der Waals surface area contributed by atoms with Crippen LogP contribution in [-0.4, -0.2) is 13.3 Å². The van der Waals surface area contributed by atoms with Crippen molar-refractivity contribution in [2.45, 2.75) is 25.8 Å². The van der Waals surface area contributed by atoms with Crippen LogP contribution in [0.15, 0.2) is 12.1 Å². The van der Waals surface area contributed by atoms with Crippen LogP contribution < -0.4 is 14.8 Å². The van der Waals surface area contributed by atoms with Gasteiger partial charge in [-0.15, -0.1) is 0 Å². The first kappa shape index (κ1) is 9.04. The molecule has 0 radical (unpaired) electrons. The Balaban J connectivity index is 2.16. The second kappa shape index (κ2) is 2.89. The van der Waals surface area contributed by atoms with Gasteiger partial charge in [0.1, 0.15) is 0 Å². The van der Waals surface area contributed by atoms with Crippen LogP contribution >= 0.6 is 0 Å². The summed E-state index contributed by atoms with van der Waals surface area (Å²) in [5, 5.41) is 3.43. The summed E-state index contributed by atoms with van der Waals surface area (Å²) in [6, 6.07) is 4.24. The molecule has 1 aromatic rings. The summed E-state index contributed by atoms with van der Waals surface area (Å²) in [7, 11) is 0. The molecule has 0 fully saturated rings. The Labute approximate surface area is 89.4 Å². The SMILES string of the molecule is CC1(C)CNCc2cc3c(cc21)OCO3. The highest BCUT2D eigenvalue weighted by molar-refractivity contribution is 5.51. The number of ether oxygens (including phenoxy) is 2. The Morgan fingerprint density at radius 1 is 1.20 bits per heavy atom. The summed E-state index contributed by atoms with van der Waals surface area (Å²) in [5.74, 6) is 1.77. The molecule has 0 saturated carbocycles. The molecule has 2 aliphatic heterocycles. The molecule has 2 heterocycles. The average molecular weight is 205 g/mol.